The second-order valence-electron chi connectivity index (χ2n) is 4.09. The highest BCUT2D eigenvalue weighted by molar-refractivity contribution is 5.84. The average molecular weight is 230 g/mol. The number of anilines is 1. The Morgan fingerprint density at radius 2 is 2.12 bits per heavy atom. The fourth-order valence-corrected chi connectivity index (χ4v) is 1.77. The molecule has 2 N–H and O–H groups in total. The molecule has 2 rings (SSSR count). The van der Waals surface area contributed by atoms with E-state index >= 15 is 0 Å². The number of carboxylic acids is 1. The minimum atomic E-state index is -0.895. The van der Waals surface area contributed by atoms with E-state index in [1.807, 2.05) is 38.1 Å². The molecule has 4 nitrogen and oxygen atoms in total. The average Bonchev–Trinajstić information content (AvgIpc) is 2.25. The number of hydrogen-bond acceptors (Lipinski definition) is 3. The third kappa shape index (κ3) is 2.53. The molecule has 0 amide bonds. The molecule has 0 aliphatic heterocycles. The topological polar surface area (TPSA) is 62.2 Å². The summed E-state index contributed by atoms with van der Waals surface area (Å²) in [5.74, 6) is -0.295. The van der Waals surface area contributed by atoms with E-state index in [4.69, 9.17) is 5.11 Å². The molecule has 0 atom stereocenters. The molecule has 0 unspecified atom stereocenters. The summed E-state index contributed by atoms with van der Waals surface area (Å²) in [6, 6.07) is 7.93. The van der Waals surface area contributed by atoms with Crippen LogP contribution in [0.1, 0.15) is 11.1 Å². The highest BCUT2D eigenvalue weighted by Gasteiger charge is 2.04. The van der Waals surface area contributed by atoms with Crippen molar-refractivity contribution in [2.45, 2.75) is 13.8 Å². The van der Waals surface area contributed by atoms with Gasteiger partial charge in [0.15, 0.2) is 0 Å². The predicted octanol–water partition coefficient (Wildman–Crippen LogP) is 2.35. The standard InChI is InChI=1S/C13H14N2O2/c1-8-3-4-10-9(2)6-12(14-7-13(16)17)15-11(10)5-8/h3-6H,7H2,1-2H3,(H,14,15)(H,16,17). The number of nitrogens with one attached hydrogen (secondary N) is 1. The highest BCUT2D eigenvalue weighted by atomic mass is 16.4. The number of aromatic nitrogens is 1. The second kappa shape index (κ2) is 4.41. The van der Waals surface area contributed by atoms with Gasteiger partial charge in [0.1, 0.15) is 12.4 Å². The van der Waals surface area contributed by atoms with Gasteiger partial charge in [0.25, 0.3) is 0 Å². The van der Waals surface area contributed by atoms with E-state index < -0.39 is 5.97 Å². The van der Waals surface area contributed by atoms with Crippen LogP contribution in [0.25, 0.3) is 10.9 Å². The number of carbonyl (C=O) groups is 1. The van der Waals surface area contributed by atoms with Crippen molar-refractivity contribution >= 4 is 22.7 Å². The number of aliphatic carboxylic acids is 1. The third-order valence-corrected chi connectivity index (χ3v) is 2.59. The van der Waals surface area contributed by atoms with Gasteiger partial charge in [-0.15, -0.1) is 0 Å². The minimum Gasteiger partial charge on any atom is -0.480 e. The maximum atomic E-state index is 10.5. The Kier molecular flexibility index (Phi) is 2.95. The van der Waals surface area contributed by atoms with Crippen LogP contribution < -0.4 is 5.32 Å². The lowest BCUT2D eigenvalue weighted by Gasteiger charge is -2.07. The van der Waals surface area contributed by atoms with Gasteiger partial charge in [0, 0.05) is 5.39 Å². The summed E-state index contributed by atoms with van der Waals surface area (Å²) in [4.78, 5) is 14.9. The van der Waals surface area contributed by atoms with Crippen LogP contribution >= 0.6 is 0 Å². The number of aryl methyl sites for hydroxylation is 2. The molecule has 0 bridgehead atoms. The van der Waals surface area contributed by atoms with Gasteiger partial charge in [-0.25, -0.2) is 4.98 Å². The maximum Gasteiger partial charge on any atom is 0.322 e. The summed E-state index contributed by atoms with van der Waals surface area (Å²) in [6.07, 6.45) is 0. The highest BCUT2D eigenvalue weighted by Crippen LogP contribution is 2.21. The Morgan fingerprint density at radius 1 is 1.35 bits per heavy atom. The van der Waals surface area contributed by atoms with Gasteiger partial charge in [0.05, 0.1) is 5.52 Å². The molecule has 2 aromatic rings. The van der Waals surface area contributed by atoms with E-state index in [2.05, 4.69) is 10.3 Å². The van der Waals surface area contributed by atoms with Gasteiger partial charge in [0.2, 0.25) is 0 Å². The van der Waals surface area contributed by atoms with Crippen molar-refractivity contribution < 1.29 is 9.90 Å². The SMILES string of the molecule is Cc1ccc2c(C)cc(NCC(=O)O)nc2c1. The number of nitrogens with zero attached hydrogens (tertiary/aromatic N) is 1. The van der Waals surface area contributed by atoms with Gasteiger partial charge in [-0.1, -0.05) is 12.1 Å². The van der Waals surface area contributed by atoms with Crippen molar-refractivity contribution in [1.29, 1.82) is 0 Å². The van der Waals surface area contributed by atoms with E-state index in [9.17, 15) is 4.79 Å². The van der Waals surface area contributed by atoms with Gasteiger partial charge < -0.3 is 10.4 Å². The van der Waals surface area contributed by atoms with Crippen LogP contribution in [0.2, 0.25) is 0 Å². The number of carboxylic acid groups (broad SMARTS) is 1. The molecular formula is C13H14N2O2. The molecule has 4 heteroatoms. The fraction of sp³-hybridized carbons (Fsp3) is 0.231. The van der Waals surface area contributed by atoms with Crippen molar-refractivity contribution in [1.82, 2.24) is 4.98 Å². The summed E-state index contributed by atoms with van der Waals surface area (Å²) in [6.45, 7) is 3.88. The summed E-state index contributed by atoms with van der Waals surface area (Å²) in [5, 5.41) is 12.5. The number of rotatable bonds is 3. The van der Waals surface area contributed by atoms with Crippen molar-refractivity contribution in [3.8, 4) is 0 Å². The molecule has 0 saturated carbocycles. The first-order valence-corrected chi connectivity index (χ1v) is 5.40. The molecule has 17 heavy (non-hydrogen) atoms. The Morgan fingerprint density at radius 3 is 2.82 bits per heavy atom. The Hall–Kier alpha value is -2.10. The zero-order valence-electron chi connectivity index (χ0n) is 9.82. The monoisotopic (exact) mass is 230 g/mol. The second-order valence-corrected chi connectivity index (χ2v) is 4.09. The molecule has 0 fully saturated rings. The van der Waals surface area contributed by atoms with Crippen LogP contribution in [0.5, 0.6) is 0 Å². The van der Waals surface area contributed by atoms with Crippen LogP contribution in [0.4, 0.5) is 5.82 Å². The smallest absolute Gasteiger partial charge is 0.322 e. The summed E-state index contributed by atoms with van der Waals surface area (Å²) >= 11 is 0. The van der Waals surface area contributed by atoms with Crippen LogP contribution in [0.3, 0.4) is 0 Å². The third-order valence-electron chi connectivity index (χ3n) is 2.59. The van der Waals surface area contributed by atoms with Crippen molar-refractivity contribution in [3.05, 3.63) is 35.4 Å². The Bertz CT molecular complexity index is 579. The lowest BCUT2D eigenvalue weighted by atomic mass is 10.1. The number of pyridine rings is 1. The molecule has 88 valence electrons. The van der Waals surface area contributed by atoms with E-state index in [1.165, 1.54) is 0 Å². The van der Waals surface area contributed by atoms with E-state index in [1.54, 1.807) is 0 Å². The first kappa shape index (κ1) is 11.4. The van der Waals surface area contributed by atoms with Gasteiger partial charge >= 0.3 is 5.97 Å². The fourth-order valence-electron chi connectivity index (χ4n) is 1.77. The maximum absolute atomic E-state index is 10.5. The van der Waals surface area contributed by atoms with Crippen LogP contribution in [-0.4, -0.2) is 22.6 Å². The minimum absolute atomic E-state index is 0.121. The van der Waals surface area contributed by atoms with E-state index in [0.29, 0.717) is 5.82 Å². The first-order chi connectivity index (χ1) is 8.06. The van der Waals surface area contributed by atoms with Crippen molar-refractivity contribution in [3.63, 3.8) is 0 Å². The molecule has 0 spiro atoms. The van der Waals surface area contributed by atoms with Crippen molar-refractivity contribution in [2.75, 3.05) is 11.9 Å². The molecule has 1 aromatic heterocycles. The normalized spacial score (nSPS) is 10.5. The molecule has 0 aliphatic rings. The first-order valence-electron chi connectivity index (χ1n) is 5.40. The van der Waals surface area contributed by atoms with Crippen LogP contribution in [0.15, 0.2) is 24.3 Å². The van der Waals surface area contributed by atoms with Crippen LogP contribution in [0, 0.1) is 13.8 Å². The summed E-state index contributed by atoms with van der Waals surface area (Å²) in [5.41, 5.74) is 3.11. The summed E-state index contributed by atoms with van der Waals surface area (Å²) in [7, 11) is 0. The van der Waals surface area contributed by atoms with Crippen molar-refractivity contribution in [2.24, 2.45) is 0 Å². The lowest BCUT2D eigenvalue weighted by Crippen LogP contribution is -2.13. The molecule has 0 radical (unpaired) electrons. The molecular weight excluding hydrogens is 216 g/mol. The van der Waals surface area contributed by atoms with Gasteiger partial charge in [-0.3, -0.25) is 4.79 Å². The number of fused-ring (bicyclic) bond motifs is 1. The van der Waals surface area contributed by atoms with E-state index in [0.717, 1.165) is 22.0 Å². The molecule has 0 aliphatic carbocycles. The lowest BCUT2D eigenvalue weighted by molar-refractivity contribution is -0.134. The zero-order chi connectivity index (χ0) is 12.4. The van der Waals surface area contributed by atoms with Crippen LogP contribution in [-0.2, 0) is 4.79 Å². The molecule has 0 saturated heterocycles. The Balaban J connectivity index is 2.42. The Labute approximate surface area is 99.3 Å². The number of benzene rings is 1. The quantitative estimate of drug-likeness (QED) is 0.849. The molecule has 1 heterocycles. The van der Waals surface area contributed by atoms with Gasteiger partial charge in [-0.2, -0.15) is 0 Å². The number of hydrogen-bond donors (Lipinski definition) is 2. The van der Waals surface area contributed by atoms with E-state index in [-0.39, 0.29) is 6.54 Å². The summed E-state index contributed by atoms with van der Waals surface area (Å²) < 4.78 is 0. The largest absolute Gasteiger partial charge is 0.480 e. The predicted molar refractivity (Wildman–Crippen MR) is 67.3 cm³/mol. The van der Waals surface area contributed by atoms with Gasteiger partial charge in [-0.05, 0) is 37.1 Å². The zero-order valence-corrected chi connectivity index (χ0v) is 9.82. The molecule has 1 aromatic carbocycles.